The molecular weight excluding hydrogens is 384 g/mol. The molecule has 1 aliphatic heterocycles. The normalized spacial score (nSPS) is 16.5. The smallest absolute Gasteiger partial charge is 0.332 e. The third-order valence-electron chi connectivity index (χ3n) is 5.47. The van der Waals surface area contributed by atoms with Crippen LogP contribution in [0.25, 0.3) is 0 Å². The first-order chi connectivity index (χ1) is 14.5. The molecule has 1 saturated heterocycles. The van der Waals surface area contributed by atoms with Crippen LogP contribution in [-0.2, 0) is 29.7 Å². The number of hydrogen-bond acceptors (Lipinski definition) is 5. The molecule has 2 heterocycles. The molecule has 0 spiro atoms. The van der Waals surface area contributed by atoms with Gasteiger partial charge in [0, 0.05) is 39.3 Å². The molecule has 8 nitrogen and oxygen atoms in total. The fourth-order valence-electron chi connectivity index (χ4n) is 3.77. The van der Waals surface area contributed by atoms with Crippen LogP contribution in [0.5, 0.6) is 0 Å². The molecule has 1 aliphatic rings. The highest BCUT2D eigenvalue weighted by Gasteiger charge is 2.27. The van der Waals surface area contributed by atoms with Gasteiger partial charge >= 0.3 is 5.69 Å². The number of nitrogens with zero attached hydrogens (tertiary/aromatic N) is 3. The van der Waals surface area contributed by atoms with Gasteiger partial charge in [-0.05, 0) is 25.3 Å². The van der Waals surface area contributed by atoms with Crippen molar-refractivity contribution in [3.63, 3.8) is 0 Å². The topological polar surface area (TPSA) is 85.6 Å². The molecule has 30 heavy (non-hydrogen) atoms. The minimum Gasteiger partial charge on any atom is -0.375 e. The summed E-state index contributed by atoms with van der Waals surface area (Å²) in [5.74, 6) is 0.392. The van der Waals surface area contributed by atoms with Crippen molar-refractivity contribution in [3.8, 4) is 0 Å². The quantitative estimate of drug-likeness (QED) is 0.654. The molecular formula is C22H30N4O4. The maximum atomic E-state index is 12.6. The summed E-state index contributed by atoms with van der Waals surface area (Å²) in [6.45, 7) is 4.97. The Bertz CT molecular complexity index is 967. The molecule has 0 saturated carbocycles. The number of aromatic nitrogens is 2. The van der Waals surface area contributed by atoms with Gasteiger partial charge in [-0.1, -0.05) is 30.3 Å². The highest BCUT2D eigenvalue weighted by molar-refractivity contribution is 5.79. The lowest BCUT2D eigenvalue weighted by atomic mass is 9.97. The highest BCUT2D eigenvalue weighted by Crippen LogP contribution is 2.22. The fourth-order valence-corrected chi connectivity index (χ4v) is 3.77. The van der Waals surface area contributed by atoms with Gasteiger partial charge in [0.05, 0.1) is 19.1 Å². The lowest BCUT2D eigenvalue weighted by Gasteiger charge is -2.34. The first kappa shape index (κ1) is 21.8. The molecule has 1 unspecified atom stereocenters. The number of benzene rings is 1. The molecule has 8 heteroatoms. The molecule has 1 aromatic heterocycles. The van der Waals surface area contributed by atoms with Crippen LogP contribution in [-0.4, -0.2) is 41.3 Å². The average Bonchev–Trinajstić information content (AvgIpc) is 2.77. The van der Waals surface area contributed by atoms with Gasteiger partial charge in [0.25, 0.3) is 5.56 Å². The van der Waals surface area contributed by atoms with Crippen molar-refractivity contribution in [1.82, 2.24) is 14.5 Å². The second-order valence-electron chi connectivity index (χ2n) is 7.54. The Morgan fingerprint density at radius 2 is 2.00 bits per heavy atom. The lowest BCUT2D eigenvalue weighted by Crippen LogP contribution is -2.47. The monoisotopic (exact) mass is 414 g/mol. The van der Waals surface area contributed by atoms with Crippen molar-refractivity contribution in [3.05, 3.63) is 62.8 Å². The Morgan fingerprint density at radius 1 is 1.23 bits per heavy atom. The Labute approximate surface area is 176 Å². The summed E-state index contributed by atoms with van der Waals surface area (Å²) in [7, 11) is 1.48. The summed E-state index contributed by atoms with van der Waals surface area (Å²) >= 11 is 0. The van der Waals surface area contributed by atoms with Crippen LogP contribution in [0.2, 0.25) is 0 Å². The number of amides is 1. The molecule has 0 radical (unpaired) electrons. The average molecular weight is 415 g/mol. The molecule has 1 N–H and O–H groups in total. The SMILES string of the molecule is CCn1c(N2CCCC(C(=O)NCCOCc3ccccc3)C2)cc(=O)n(C)c1=O. The van der Waals surface area contributed by atoms with E-state index in [9.17, 15) is 14.4 Å². The predicted molar refractivity (Wildman–Crippen MR) is 116 cm³/mol. The first-order valence-corrected chi connectivity index (χ1v) is 10.5. The number of nitrogens with one attached hydrogen (secondary N) is 1. The molecule has 162 valence electrons. The summed E-state index contributed by atoms with van der Waals surface area (Å²) in [5.41, 5.74) is 0.437. The van der Waals surface area contributed by atoms with Gasteiger partial charge in [-0.25, -0.2) is 4.79 Å². The van der Waals surface area contributed by atoms with Gasteiger partial charge < -0.3 is 15.0 Å². The summed E-state index contributed by atoms with van der Waals surface area (Å²) in [6.07, 6.45) is 1.62. The minimum atomic E-state index is -0.332. The zero-order chi connectivity index (χ0) is 21.5. The maximum absolute atomic E-state index is 12.6. The van der Waals surface area contributed by atoms with Crippen molar-refractivity contribution in [1.29, 1.82) is 0 Å². The lowest BCUT2D eigenvalue weighted by molar-refractivity contribution is -0.125. The Kier molecular flexibility index (Phi) is 7.46. The highest BCUT2D eigenvalue weighted by atomic mass is 16.5. The molecule has 0 bridgehead atoms. The Balaban J connectivity index is 1.54. The summed E-state index contributed by atoms with van der Waals surface area (Å²) in [4.78, 5) is 39.1. The summed E-state index contributed by atoms with van der Waals surface area (Å²) in [6, 6.07) is 11.4. The molecule has 0 aliphatic carbocycles. The predicted octanol–water partition coefficient (Wildman–Crippen LogP) is 1.12. The third kappa shape index (κ3) is 5.18. The van der Waals surface area contributed by atoms with Gasteiger partial charge in [-0.3, -0.25) is 18.7 Å². The van der Waals surface area contributed by atoms with E-state index in [1.54, 1.807) is 4.57 Å². The van der Waals surface area contributed by atoms with E-state index in [0.717, 1.165) is 29.5 Å². The number of hydrogen-bond donors (Lipinski definition) is 1. The van der Waals surface area contributed by atoms with Crippen LogP contribution >= 0.6 is 0 Å². The molecule has 1 amide bonds. The molecule has 1 fully saturated rings. The number of ether oxygens (including phenoxy) is 1. The van der Waals surface area contributed by atoms with Crippen LogP contribution < -0.4 is 21.5 Å². The maximum Gasteiger partial charge on any atom is 0.332 e. The van der Waals surface area contributed by atoms with Crippen molar-refractivity contribution in [2.75, 3.05) is 31.1 Å². The summed E-state index contributed by atoms with van der Waals surface area (Å²) < 4.78 is 8.31. The van der Waals surface area contributed by atoms with Crippen molar-refractivity contribution < 1.29 is 9.53 Å². The van der Waals surface area contributed by atoms with E-state index < -0.39 is 0 Å². The molecule has 1 aromatic carbocycles. The molecule has 2 aromatic rings. The van der Waals surface area contributed by atoms with Crippen LogP contribution in [0.1, 0.15) is 25.3 Å². The van der Waals surface area contributed by atoms with Gasteiger partial charge in [-0.15, -0.1) is 0 Å². The van der Waals surface area contributed by atoms with E-state index in [1.807, 2.05) is 42.2 Å². The zero-order valence-electron chi connectivity index (χ0n) is 17.7. The van der Waals surface area contributed by atoms with Crippen LogP contribution in [0.4, 0.5) is 5.82 Å². The van der Waals surface area contributed by atoms with E-state index in [-0.39, 0.29) is 23.1 Å². The van der Waals surface area contributed by atoms with Crippen LogP contribution in [0.3, 0.4) is 0 Å². The first-order valence-electron chi connectivity index (χ1n) is 10.5. The largest absolute Gasteiger partial charge is 0.375 e. The van der Waals surface area contributed by atoms with Crippen LogP contribution in [0.15, 0.2) is 46.0 Å². The van der Waals surface area contributed by atoms with E-state index in [1.165, 1.54) is 13.1 Å². The van der Waals surface area contributed by atoms with Crippen molar-refractivity contribution >= 4 is 11.7 Å². The minimum absolute atomic E-state index is 0.0164. The van der Waals surface area contributed by atoms with E-state index in [4.69, 9.17) is 4.74 Å². The van der Waals surface area contributed by atoms with E-state index in [0.29, 0.717) is 38.7 Å². The Hall–Kier alpha value is -2.87. The third-order valence-corrected chi connectivity index (χ3v) is 5.47. The van der Waals surface area contributed by atoms with Gasteiger partial charge in [0.15, 0.2) is 0 Å². The number of anilines is 1. The number of carbonyl (C=O) groups excluding carboxylic acids is 1. The van der Waals surface area contributed by atoms with Crippen molar-refractivity contribution in [2.24, 2.45) is 13.0 Å². The van der Waals surface area contributed by atoms with Crippen LogP contribution in [0, 0.1) is 5.92 Å². The van der Waals surface area contributed by atoms with Gasteiger partial charge in [-0.2, -0.15) is 0 Å². The standard InChI is InChI=1S/C22H30N4O4/c1-3-26-19(14-20(27)24(2)22(26)29)25-12-7-10-18(15-25)21(28)23-11-13-30-16-17-8-5-4-6-9-17/h4-6,8-9,14,18H,3,7,10-13,15-16H2,1-2H3,(H,23,28). The van der Waals surface area contributed by atoms with Gasteiger partial charge in [0.2, 0.25) is 5.91 Å². The van der Waals surface area contributed by atoms with E-state index >= 15 is 0 Å². The number of rotatable bonds is 8. The number of piperidine rings is 1. The Morgan fingerprint density at radius 3 is 2.73 bits per heavy atom. The second kappa shape index (κ2) is 10.2. The number of carbonyl (C=O) groups is 1. The summed E-state index contributed by atoms with van der Waals surface area (Å²) in [5, 5.41) is 2.95. The van der Waals surface area contributed by atoms with Gasteiger partial charge in [0.1, 0.15) is 5.82 Å². The fraction of sp³-hybridized carbons (Fsp3) is 0.500. The molecule has 3 rings (SSSR count). The van der Waals surface area contributed by atoms with Crippen molar-refractivity contribution in [2.45, 2.75) is 32.9 Å². The zero-order valence-corrected chi connectivity index (χ0v) is 17.7. The molecule has 1 atom stereocenters. The van der Waals surface area contributed by atoms with E-state index in [2.05, 4.69) is 5.32 Å². The second-order valence-corrected chi connectivity index (χ2v) is 7.54.